The molecule has 0 bridgehead atoms. The third-order valence-corrected chi connectivity index (χ3v) is 7.53. The van der Waals surface area contributed by atoms with Gasteiger partial charge in [-0.05, 0) is 42.7 Å². The molecule has 11 heteroatoms. The van der Waals surface area contributed by atoms with Crippen LogP contribution >= 0.6 is 23.1 Å². The molecule has 3 rings (SSSR count). The largest absolute Gasteiger partial charge is 0.280 e. The standard InChI is InChI=1S/C14H13N3O4S4/c1-22-14-16-12-6-5-9(7-13(12)23-14)17-25(20,21)11-4-2-3-10(8-11)24(15,18)19/h2-8,17H,1H3,(H2,15,18,19). The third kappa shape index (κ3) is 3.96. The predicted octanol–water partition coefficient (Wildman–Crippen LogP) is 2.47. The molecule has 1 heterocycles. The van der Waals surface area contributed by atoms with Crippen molar-refractivity contribution in [2.75, 3.05) is 11.0 Å². The van der Waals surface area contributed by atoms with Crippen LogP contribution in [0.3, 0.4) is 0 Å². The van der Waals surface area contributed by atoms with Gasteiger partial charge in [0.1, 0.15) is 0 Å². The van der Waals surface area contributed by atoms with E-state index in [-0.39, 0.29) is 9.79 Å². The number of thiazole rings is 1. The fourth-order valence-corrected chi connectivity index (χ4v) is 5.34. The molecule has 25 heavy (non-hydrogen) atoms. The maximum Gasteiger partial charge on any atom is 0.261 e. The monoisotopic (exact) mass is 415 g/mol. The quantitative estimate of drug-likeness (QED) is 0.618. The molecule has 0 aliphatic carbocycles. The Hall–Kier alpha value is -1.66. The van der Waals surface area contributed by atoms with Crippen molar-refractivity contribution in [1.29, 1.82) is 0 Å². The fourth-order valence-electron chi connectivity index (χ4n) is 2.09. The number of rotatable bonds is 5. The lowest BCUT2D eigenvalue weighted by Crippen LogP contribution is -2.16. The van der Waals surface area contributed by atoms with Crippen LogP contribution in [0.5, 0.6) is 0 Å². The zero-order valence-electron chi connectivity index (χ0n) is 12.8. The minimum atomic E-state index is -3.99. The van der Waals surface area contributed by atoms with Gasteiger partial charge in [0, 0.05) is 0 Å². The average Bonchev–Trinajstić information content (AvgIpc) is 2.96. The molecular formula is C14H13N3O4S4. The number of sulfonamides is 2. The maximum atomic E-state index is 12.5. The Kier molecular flexibility index (Phi) is 4.77. The van der Waals surface area contributed by atoms with Crippen LogP contribution in [-0.2, 0) is 20.0 Å². The number of thioether (sulfide) groups is 1. The van der Waals surface area contributed by atoms with E-state index in [1.165, 1.54) is 41.3 Å². The van der Waals surface area contributed by atoms with Crippen molar-refractivity contribution in [3.8, 4) is 0 Å². The molecule has 0 saturated carbocycles. The number of nitrogens with zero attached hydrogens (tertiary/aromatic N) is 1. The Balaban J connectivity index is 1.96. The molecule has 0 saturated heterocycles. The van der Waals surface area contributed by atoms with Gasteiger partial charge in [-0.25, -0.2) is 27.0 Å². The Morgan fingerprint density at radius 2 is 1.80 bits per heavy atom. The summed E-state index contributed by atoms with van der Waals surface area (Å²) in [7, 11) is -7.94. The van der Waals surface area contributed by atoms with Gasteiger partial charge in [0.05, 0.1) is 25.7 Å². The van der Waals surface area contributed by atoms with Crippen LogP contribution < -0.4 is 9.86 Å². The number of fused-ring (bicyclic) bond motifs is 1. The van der Waals surface area contributed by atoms with E-state index in [1.807, 2.05) is 6.26 Å². The van der Waals surface area contributed by atoms with Gasteiger partial charge in [0.15, 0.2) is 4.34 Å². The normalized spacial score (nSPS) is 12.4. The van der Waals surface area contributed by atoms with Gasteiger partial charge in [0.2, 0.25) is 10.0 Å². The van der Waals surface area contributed by atoms with E-state index in [1.54, 1.807) is 18.2 Å². The van der Waals surface area contributed by atoms with Gasteiger partial charge in [0.25, 0.3) is 10.0 Å². The summed E-state index contributed by atoms with van der Waals surface area (Å²) in [5.41, 5.74) is 1.15. The van der Waals surface area contributed by atoms with Gasteiger partial charge < -0.3 is 0 Å². The highest BCUT2D eigenvalue weighted by atomic mass is 32.2. The molecule has 0 unspecified atom stereocenters. The molecule has 0 aliphatic heterocycles. The summed E-state index contributed by atoms with van der Waals surface area (Å²) >= 11 is 2.97. The van der Waals surface area contributed by atoms with Crippen LogP contribution in [0.4, 0.5) is 5.69 Å². The second kappa shape index (κ2) is 6.57. The number of hydrogen-bond acceptors (Lipinski definition) is 7. The van der Waals surface area contributed by atoms with Gasteiger partial charge in [-0.15, -0.1) is 11.3 Å². The topological polar surface area (TPSA) is 119 Å². The Bertz CT molecular complexity index is 1150. The molecule has 0 atom stereocenters. The predicted molar refractivity (Wildman–Crippen MR) is 100 cm³/mol. The molecular weight excluding hydrogens is 402 g/mol. The van der Waals surface area contributed by atoms with Crippen LogP contribution in [-0.4, -0.2) is 28.1 Å². The van der Waals surface area contributed by atoms with E-state index < -0.39 is 20.0 Å². The molecule has 2 aromatic carbocycles. The van der Waals surface area contributed by atoms with Gasteiger partial charge in [-0.2, -0.15) is 0 Å². The smallest absolute Gasteiger partial charge is 0.261 e. The van der Waals surface area contributed by atoms with Crippen LogP contribution in [0.15, 0.2) is 56.6 Å². The summed E-state index contributed by atoms with van der Waals surface area (Å²) in [6, 6.07) is 9.90. The molecule has 0 fully saturated rings. The van der Waals surface area contributed by atoms with Crippen LogP contribution in [0.1, 0.15) is 0 Å². The first-order valence-electron chi connectivity index (χ1n) is 6.79. The van der Waals surface area contributed by atoms with Gasteiger partial charge in [-0.1, -0.05) is 17.8 Å². The number of nitrogens with two attached hydrogens (primary N) is 1. The molecule has 0 aliphatic rings. The van der Waals surface area contributed by atoms with E-state index in [0.29, 0.717) is 5.69 Å². The minimum Gasteiger partial charge on any atom is -0.280 e. The number of nitrogens with one attached hydrogen (secondary N) is 1. The fraction of sp³-hybridized carbons (Fsp3) is 0.0714. The molecule has 0 spiro atoms. The van der Waals surface area contributed by atoms with Crippen molar-refractivity contribution in [1.82, 2.24) is 4.98 Å². The number of hydrogen-bond donors (Lipinski definition) is 2. The average molecular weight is 416 g/mol. The van der Waals surface area contributed by atoms with Crippen molar-refractivity contribution in [2.45, 2.75) is 14.1 Å². The van der Waals surface area contributed by atoms with Crippen LogP contribution in [0.25, 0.3) is 10.2 Å². The van der Waals surface area contributed by atoms with Crippen LogP contribution in [0, 0.1) is 0 Å². The highest BCUT2D eigenvalue weighted by Gasteiger charge is 2.18. The summed E-state index contributed by atoms with van der Waals surface area (Å²) in [5.74, 6) is 0. The number of primary sulfonamides is 1. The van der Waals surface area contributed by atoms with E-state index >= 15 is 0 Å². The van der Waals surface area contributed by atoms with Crippen LogP contribution in [0.2, 0.25) is 0 Å². The van der Waals surface area contributed by atoms with Crippen molar-refractivity contribution < 1.29 is 16.8 Å². The lowest BCUT2D eigenvalue weighted by Gasteiger charge is -2.09. The molecule has 3 aromatic rings. The zero-order chi connectivity index (χ0) is 18.2. The second-order valence-corrected chi connectivity index (χ2v) is 10.3. The summed E-state index contributed by atoms with van der Waals surface area (Å²) < 4.78 is 52.0. The molecule has 1 aromatic heterocycles. The van der Waals surface area contributed by atoms with E-state index in [2.05, 4.69) is 9.71 Å². The lowest BCUT2D eigenvalue weighted by molar-refractivity contribution is 0.597. The highest BCUT2D eigenvalue weighted by molar-refractivity contribution is 8.00. The molecule has 132 valence electrons. The maximum absolute atomic E-state index is 12.5. The van der Waals surface area contributed by atoms with Crippen molar-refractivity contribution in [3.63, 3.8) is 0 Å². The second-order valence-electron chi connectivity index (χ2n) is 4.99. The van der Waals surface area contributed by atoms with E-state index in [0.717, 1.165) is 20.6 Å². The Morgan fingerprint density at radius 3 is 2.48 bits per heavy atom. The summed E-state index contributed by atoms with van der Waals surface area (Å²) in [4.78, 5) is 3.94. The molecule has 0 radical (unpaired) electrons. The number of anilines is 1. The summed E-state index contributed by atoms with van der Waals surface area (Å²) in [6.45, 7) is 0. The molecule has 0 amide bonds. The first-order chi connectivity index (χ1) is 11.7. The zero-order valence-corrected chi connectivity index (χ0v) is 16.1. The number of benzene rings is 2. The first kappa shape index (κ1) is 18.1. The minimum absolute atomic E-state index is 0.187. The highest BCUT2D eigenvalue weighted by Crippen LogP contribution is 2.30. The van der Waals surface area contributed by atoms with Gasteiger partial charge >= 0.3 is 0 Å². The SMILES string of the molecule is CSc1nc2ccc(NS(=O)(=O)c3cccc(S(N)(=O)=O)c3)cc2s1. The first-order valence-corrected chi connectivity index (χ1v) is 11.9. The van der Waals surface area contributed by atoms with E-state index in [4.69, 9.17) is 5.14 Å². The molecule has 7 nitrogen and oxygen atoms in total. The van der Waals surface area contributed by atoms with E-state index in [9.17, 15) is 16.8 Å². The Labute approximate surface area is 153 Å². The molecule has 3 N–H and O–H groups in total. The number of aromatic nitrogens is 1. The van der Waals surface area contributed by atoms with Crippen molar-refractivity contribution in [3.05, 3.63) is 42.5 Å². The lowest BCUT2D eigenvalue weighted by atomic mass is 10.3. The van der Waals surface area contributed by atoms with Gasteiger partial charge in [-0.3, -0.25) is 4.72 Å². The Morgan fingerprint density at radius 1 is 1.08 bits per heavy atom. The summed E-state index contributed by atoms with van der Waals surface area (Å²) in [6.07, 6.45) is 1.92. The summed E-state index contributed by atoms with van der Waals surface area (Å²) in [5, 5.41) is 5.05. The third-order valence-electron chi connectivity index (χ3n) is 3.24. The van der Waals surface area contributed by atoms with Crippen molar-refractivity contribution in [2.24, 2.45) is 5.14 Å². The van der Waals surface area contributed by atoms with Crippen molar-refractivity contribution >= 4 is 59.0 Å².